The Morgan fingerprint density at radius 3 is 2.88 bits per heavy atom. The molecule has 1 saturated heterocycles. The summed E-state index contributed by atoms with van der Waals surface area (Å²) in [4.78, 5) is 19.7. The van der Waals surface area contributed by atoms with E-state index in [1.54, 1.807) is 24.2 Å². The average Bonchev–Trinajstić information content (AvgIpc) is 2.60. The second-order valence-electron chi connectivity index (χ2n) is 5.33. The van der Waals surface area contributed by atoms with Crippen molar-refractivity contribution in [1.82, 2.24) is 15.2 Å². The van der Waals surface area contributed by atoms with E-state index in [9.17, 15) is 4.79 Å². The van der Waals surface area contributed by atoms with Gasteiger partial charge < -0.3 is 10.2 Å². The molecule has 4 nitrogen and oxygen atoms in total. The molecule has 1 aromatic heterocycles. The van der Waals surface area contributed by atoms with Crippen LogP contribution in [0.2, 0.25) is 5.02 Å². The van der Waals surface area contributed by atoms with Gasteiger partial charge in [0.25, 0.3) is 0 Å². The molecule has 2 heterocycles. The van der Waals surface area contributed by atoms with E-state index in [4.69, 9.17) is 11.6 Å². The fourth-order valence-corrected chi connectivity index (χ4v) is 3.65. The molecule has 1 aromatic carbocycles. The van der Waals surface area contributed by atoms with Crippen molar-refractivity contribution in [3.05, 3.63) is 59.4 Å². The van der Waals surface area contributed by atoms with Crippen molar-refractivity contribution in [2.75, 3.05) is 25.4 Å². The smallest absolute Gasteiger partial charge is 0.233 e. The number of nitrogens with one attached hydrogen (secondary N) is 1. The minimum Gasteiger partial charge on any atom is -0.332 e. The van der Waals surface area contributed by atoms with Crippen LogP contribution in [0.5, 0.6) is 0 Å². The lowest BCUT2D eigenvalue weighted by Gasteiger charge is -2.36. The van der Waals surface area contributed by atoms with Gasteiger partial charge in [0.15, 0.2) is 0 Å². The number of nitrogens with zero attached hydrogens (tertiary/aromatic N) is 2. The Morgan fingerprint density at radius 2 is 2.12 bits per heavy atom. The maximum atomic E-state index is 12.7. The summed E-state index contributed by atoms with van der Waals surface area (Å²) in [7, 11) is 0. The number of piperazine rings is 1. The van der Waals surface area contributed by atoms with Crippen LogP contribution in [0.15, 0.2) is 53.7 Å². The van der Waals surface area contributed by atoms with Gasteiger partial charge in [-0.3, -0.25) is 9.78 Å². The molecule has 0 saturated carbocycles. The van der Waals surface area contributed by atoms with Crippen LogP contribution >= 0.6 is 35.8 Å². The van der Waals surface area contributed by atoms with Crippen LogP contribution in [0.25, 0.3) is 0 Å². The number of hydrogen-bond acceptors (Lipinski definition) is 4. The third kappa shape index (κ3) is 4.86. The molecule has 0 bridgehead atoms. The normalized spacial score (nSPS) is 17.2. The van der Waals surface area contributed by atoms with Gasteiger partial charge in [-0.05, 0) is 29.8 Å². The fourth-order valence-electron chi connectivity index (χ4n) is 2.68. The van der Waals surface area contributed by atoms with Gasteiger partial charge in [-0.2, -0.15) is 0 Å². The number of pyridine rings is 1. The molecule has 2 aromatic rings. The topological polar surface area (TPSA) is 45.2 Å². The molecule has 128 valence electrons. The van der Waals surface area contributed by atoms with Crippen molar-refractivity contribution >= 4 is 41.7 Å². The van der Waals surface area contributed by atoms with E-state index in [1.807, 2.05) is 41.3 Å². The lowest BCUT2D eigenvalue weighted by Crippen LogP contribution is -2.49. The number of amides is 1. The van der Waals surface area contributed by atoms with Crippen LogP contribution in [0.1, 0.15) is 11.6 Å². The summed E-state index contributed by atoms with van der Waals surface area (Å²) in [5.74, 6) is 0.583. The van der Waals surface area contributed by atoms with Gasteiger partial charge in [-0.25, -0.2) is 0 Å². The van der Waals surface area contributed by atoms with E-state index in [0.717, 1.165) is 23.5 Å². The summed E-state index contributed by atoms with van der Waals surface area (Å²) in [6.45, 7) is 2.29. The van der Waals surface area contributed by atoms with Crippen LogP contribution in [-0.4, -0.2) is 41.2 Å². The minimum atomic E-state index is 0. The molecule has 7 heteroatoms. The summed E-state index contributed by atoms with van der Waals surface area (Å²) in [6, 6.07) is 11.6. The quantitative estimate of drug-likeness (QED) is 0.821. The molecule has 24 heavy (non-hydrogen) atoms. The SMILES string of the molecule is Cl.O=C(CSc1ccncc1)N1CCNCC1c1cccc(Cl)c1. The van der Waals surface area contributed by atoms with E-state index in [0.29, 0.717) is 17.3 Å². The number of carbonyl (C=O) groups is 1. The predicted molar refractivity (Wildman–Crippen MR) is 101 cm³/mol. The zero-order valence-electron chi connectivity index (χ0n) is 13.0. The summed E-state index contributed by atoms with van der Waals surface area (Å²) in [6.07, 6.45) is 3.48. The molecule has 1 unspecified atom stereocenters. The zero-order valence-corrected chi connectivity index (χ0v) is 15.4. The maximum Gasteiger partial charge on any atom is 0.233 e. The Bertz CT molecular complexity index is 672. The standard InChI is InChI=1S/C17H18ClN3OS.ClH/c18-14-3-1-2-13(10-14)16-11-20-8-9-21(16)17(22)12-23-15-4-6-19-7-5-15;/h1-7,10,16,20H,8-9,11-12H2;1H. The predicted octanol–water partition coefficient (Wildman–Crippen LogP) is 3.42. The highest BCUT2D eigenvalue weighted by atomic mass is 35.5. The van der Waals surface area contributed by atoms with Crippen molar-refractivity contribution in [1.29, 1.82) is 0 Å². The van der Waals surface area contributed by atoms with Crippen LogP contribution in [0, 0.1) is 0 Å². The monoisotopic (exact) mass is 383 g/mol. The number of aromatic nitrogens is 1. The molecule has 1 aliphatic rings. The highest BCUT2D eigenvalue weighted by Crippen LogP contribution is 2.26. The summed E-state index contributed by atoms with van der Waals surface area (Å²) in [5.41, 5.74) is 1.08. The molecule has 1 amide bonds. The first kappa shape index (κ1) is 19.1. The van der Waals surface area contributed by atoms with Crippen molar-refractivity contribution in [2.45, 2.75) is 10.9 Å². The molecule has 1 atom stereocenters. The molecule has 3 rings (SSSR count). The molecule has 1 fully saturated rings. The third-order valence-electron chi connectivity index (χ3n) is 3.81. The van der Waals surface area contributed by atoms with Gasteiger partial charge in [-0.1, -0.05) is 23.7 Å². The van der Waals surface area contributed by atoms with Gasteiger partial charge in [0.05, 0.1) is 11.8 Å². The maximum absolute atomic E-state index is 12.7. The van der Waals surface area contributed by atoms with E-state index < -0.39 is 0 Å². The van der Waals surface area contributed by atoms with Gasteiger partial charge >= 0.3 is 0 Å². The van der Waals surface area contributed by atoms with Crippen LogP contribution in [0.4, 0.5) is 0 Å². The molecule has 1 aliphatic heterocycles. The minimum absolute atomic E-state index is 0. The van der Waals surface area contributed by atoms with Crippen molar-refractivity contribution in [3.8, 4) is 0 Å². The van der Waals surface area contributed by atoms with E-state index >= 15 is 0 Å². The lowest BCUT2D eigenvalue weighted by atomic mass is 10.0. The van der Waals surface area contributed by atoms with Gasteiger partial charge in [0.2, 0.25) is 5.91 Å². The van der Waals surface area contributed by atoms with Gasteiger partial charge in [0, 0.05) is 41.9 Å². The Kier molecular flexibility index (Phi) is 7.37. The zero-order chi connectivity index (χ0) is 16.1. The second kappa shape index (κ2) is 9.28. The van der Waals surface area contributed by atoms with Gasteiger partial charge in [0.1, 0.15) is 0 Å². The number of benzene rings is 1. The Balaban J connectivity index is 0.00000208. The van der Waals surface area contributed by atoms with Crippen LogP contribution in [-0.2, 0) is 4.79 Å². The molecule has 1 N–H and O–H groups in total. The Morgan fingerprint density at radius 1 is 1.33 bits per heavy atom. The number of rotatable bonds is 4. The first-order valence-corrected chi connectivity index (χ1v) is 8.89. The largest absolute Gasteiger partial charge is 0.332 e. The molecular formula is C17H19Cl2N3OS. The highest BCUT2D eigenvalue weighted by Gasteiger charge is 2.27. The Hall–Kier alpha value is -1.27. The fraction of sp³-hybridized carbons (Fsp3) is 0.294. The van der Waals surface area contributed by atoms with Crippen molar-refractivity contribution < 1.29 is 4.79 Å². The molecule has 0 radical (unpaired) electrons. The average molecular weight is 384 g/mol. The van der Waals surface area contributed by atoms with Crippen molar-refractivity contribution in [3.63, 3.8) is 0 Å². The Labute approximate surface area is 157 Å². The first-order chi connectivity index (χ1) is 11.2. The van der Waals surface area contributed by atoms with Crippen LogP contribution in [0.3, 0.4) is 0 Å². The number of hydrogen-bond donors (Lipinski definition) is 1. The summed E-state index contributed by atoms with van der Waals surface area (Å²) in [5, 5.41) is 4.06. The molecule has 0 spiro atoms. The van der Waals surface area contributed by atoms with Crippen molar-refractivity contribution in [2.24, 2.45) is 0 Å². The number of halogens is 2. The molecular weight excluding hydrogens is 365 g/mol. The van der Waals surface area contributed by atoms with E-state index in [-0.39, 0.29) is 24.4 Å². The summed E-state index contributed by atoms with van der Waals surface area (Å²) < 4.78 is 0. The number of thioether (sulfide) groups is 1. The summed E-state index contributed by atoms with van der Waals surface area (Å²) >= 11 is 7.64. The van der Waals surface area contributed by atoms with Crippen LogP contribution < -0.4 is 5.32 Å². The molecule has 0 aliphatic carbocycles. The lowest BCUT2D eigenvalue weighted by molar-refractivity contribution is -0.131. The highest BCUT2D eigenvalue weighted by molar-refractivity contribution is 8.00. The van der Waals surface area contributed by atoms with Gasteiger partial charge in [-0.15, -0.1) is 24.2 Å². The number of carbonyl (C=O) groups excluding carboxylic acids is 1. The first-order valence-electron chi connectivity index (χ1n) is 7.52. The third-order valence-corrected chi connectivity index (χ3v) is 5.04. The second-order valence-corrected chi connectivity index (χ2v) is 6.82. The van der Waals surface area contributed by atoms with E-state index in [1.165, 1.54) is 0 Å². The van der Waals surface area contributed by atoms with E-state index in [2.05, 4.69) is 10.3 Å².